The largest absolute Gasteiger partial charge is 0.341 e. The van der Waals surface area contributed by atoms with E-state index in [0.29, 0.717) is 5.56 Å². The molecule has 3 aromatic heterocycles. The van der Waals surface area contributed by atoms with Crippen LogP contribution in [0.5, 0.6) is 0 Å². The average Bonchev–Trinajstić information content (AvgIpc) is 3.13. The van der Waals surface area contributed by atoms with Gasteiger partial charge >= 0.3 is 0 Å². The van der Waals surface area contributed by atoms with E-state index in [9.17, 15) is 0 Å². The van der Waals surface area contributed by atoms with Gasteiger partial charge in [0.25, 0.3) is 0 Å². The molecule has 0 saturated heterocycles. The number of hydrogen-bond donors (Lipinski definition) is 0. The Labute approximate surface area is 119 Å². The predicted octanol–water partition coefficient (Wildman–Crippen LogP) is 3.27. The molecule has 5 heteroatoms. The predicted molar refractivity (Wildman–Crippen MR) is 78.8 cm³/mol. The molecule has 0 fully saturated rings. The van der Waals surface area contributed by atoms with Crippen LogP contribution in [0.25, 0.3) is 15.9 Å². The number of rotatable bonds is 2. The molecule has 0 spiro atoms. The standard InChI is InChI=1S/C15H10N4S/c16-8-11-1-2-14-12(7-11)3-4-18(14)9-13-10-19-5-6-20-15(19)17-13/h1-7,10H,9H2. The molecule has 4 aromatic rings. The van der Waals surface area contributed by atoms with E-state index in [1.165, 1.54) is 0 Å². The molecule has 96 valence electrons. The Morgan fingerprint density at radius 2 is 2.20 bits per heavy atom. The Morgan fingerprint density at radius 1 is 1.25 bits per heavy atom. The second-order valence-electron chi connectivity index (χ2n) is 4.65. The molecule has 0 radical (unpaired) electrons. The lowest BCUT2D eigenvalue weighted by Crippen LogP contribution is -1.97. The molecule has 0 aliphatic heterocycles. The van der Waals surface area contributed by atoms with Gasteiger partial charge in [0, 0.05) is 34.9 Å². The van der Waals surface area contributed by atoms with Gasteiger partial charge in [-0.2, -0.15) is 5.26 Å². The first-order chi connectivity index (χ1) is 9.83. The Balaban J connectivity index is 1.75. The zero-order valence-corrected chi connectivity index (χ0v) is 11.3. The summed E-state index contributed by atoms with van der Waals surface area (Å²) in [7, 11) is 0. The normalized spacial score (nSPS) is 11.2. The van der Waals surface area contributed by atoms with Crippen LogP contribution in [-0.2, 0) is 6.54 Å². The van der Waals surface area contributed by atoms with Crippen LogP contribution in [0.2, 0.25) is 0 Å². The number of imidazole rings is 1. The molecule has 0 bridgehead atoms. The molecular formula is C15H10N4S. The zero-order chi connectivity index (χ0) is 13.5. The number of nitrogens with zero attached hydrogens (tertiary/aromatic N) is 4. The summed E-state index contributed by atoms with van der Waals surface area (Å²) in [4.78, 5) is 5.61. The second kappa shape index (κ2) is 4.22. The highest BCUT2D eigenvalue weighted by Crippen LogP contribution is 2.19. The van der Waals surface area contributed by atoms with Gasteiger partial charge in [0.1, 0.15) is 0 Å². The molecule has 0 atom stereocenters. The minimum absolute atomic E-state index is 0.692. The van der Waals surface area contributed by atoms with Gasteiger partial charge in [0.05, 0.1) is 23.9 Å². The molecule has 0 aliphatic carbocycles. The summed E-state index contributed by atoms with van der Waals surface area (Å²) >= 11 is 1.64. The van der Waals surface area contributed by atoms with Crippen molar-refractivity contribution in [2.75, 3.05) is 0 Å². The van der Waals surface area contributed by atoms with E-state index in [4.69, 9.17) is 5.26 Å². The first kappa shape index (κ1) is 11.3. The van der Waals surface area contributed by atoms with Crippen molar-refractivity contribution in [1.29, 1.82) is 5.26 Å². The second-order valence-corrected chi connectivity index (χ2v) is 5.53. The van der Waals surface area contributed by atoms with Gasteiger partial charge in [-0.25, -0.2) is 4.98 Å². The molecular weight excluding hydrogens is 268 g/mol. The summed E-state index contributed by atoms with van der Waals surface area (Å²) in [6, 6.07) is 9.96. The van der Waals surface area contributed by atoms with E-state index in [0.717, 1.165) is 28.1 Å². The molecule has 3 heterocycles. The van der Waals surface area contributed by atoms with E-state index < -0.39 is 0 Å². The highest BCUT2D eigenvalue weighted by Gasteiger charge is 2.06. The summed E-state index contributed by atoms with van der Waals surface area (Å²) in [5.74, 6) is 0. The summed E-state index contributed by atoms with van der Waals surface area (Å²) in [5, 5.41) is 12.0. The van der Waals surface area contributed by atoms with E-state index in [-0.39, 0.29) is 0 Å². The number of fused-ring (bicyclic) bond motifs is 2. The Bertz CT molecular complexity index is 923. The monoisotopic (exact) mass is 278 g/mol. The van der Waals surface area contributed by atoms with Crippen LogP contribution in [0, 0.1) is 11.3 Å². The Morgan fingerprint density at radius 3 is 3.05 bits per heavy atom. The van der Waals surface area contributed by atoms with Crippen molar-refractivity contribution < 1.29 is 0 Å². The van der Waals surface area contributed by atoms with E-state index >= 15 is 0 Å². The van der Waals surface area contributed by atoms with Crippen molar-refractivity contribution in [3.63, 3.8) is 0 Å². The van der Waals surface area contributed by atoms with Crippen LogP contribution in [0.1, 0.15) is 11.3 Å². The minimum Gasteiger partial charge on any atom is -0.341 e. The first-order valence-electron chi connectivity index (χ1n) is 6.23. The first-order valence-corrected chi connectivity index (χ1v) is 7.11. The Hall–Kier alpha value is -2.58. The van der Waals surface area contributed by atoms with Crippen LogP contribution in [0.3, 0.4) is 0 Å². The number of hydrogen-bond acceptors (Lipinski definition) is 3. The van der Waals surface area contributed by atoms with Gasteiger partial charge in [-0.3, -0.25) is 4.40 Å². The van der Waals surface area contributed by atoms with Crippen molar-refractivity contribution in [2.24, 2.45) is 0 Å². The Kier molecular flexibility index (Phi) is 2.38. The fourth-order valence-electron chi connectivity index (χ4n) is 2.43. The molecule has 0 amide bonds. The van der Waals surface area contributed by atoms with E-state index in [1.807, 2.05) is 46.4 Å². The van der Waals surface area contributed by atoms with Gasteiger partial charge in [-0.15, -0.1) is 11.3 Å². The van der Waals surface area contributed by atoms with Gasteiger partial charge < -0.3 is 4.57 Å². The van der Waals surface area contributed by atoms with Crippen molar-refractivity contribution in [3.8, 4) is 6.07 Å². The van der Waals surface area contributed by atoms with Gasteiger partial charge in [0.2, 0.25) is 0 Å². The van der Waals surface area contributed by atoms with Gasteiger partial charge in [-0.05, 0) is 24.3 Å². The summed E-state index contributed by atoms with van der Waals surface area (Å²) in [5.41, 5.74) is 2.86. The highest BCUT2D eigenvalue weighted by molar-refractivity contribution is 7.15. The lowest BCUT2D eigenvalue weighted by atomic mass is 10.2. The summed E-state index contributed by atoms with van der Waals surface area (Å²) < 4.78 is 4.20. The third-order valence-corrected chi connectivity index (χ3v) is 4.15. The van der Waals surface area contributed by atoms with Gasteiger partial charge in [0.15, 0.2) is 4.96 Å². The molecule has 20 heavy (non-hydrogen) atoms. The van der Waals surface area contributed by atoms with E-state index in [1.54, 1.807) is 11.3 Å². The molecule has 0 saturated carbocycles. The van der Waals surface area contributed by atoms with Crippen LogP contribution in [0.4, 0.5) is 0 Å². The number of aromatic nitrogens is 3. The fourth-order valence-corrected chi connectivity index (χ4v) is 3.15. The summed E-state index contributed by atoms with van der Waals surface area (Å²) in [6.45, 7) is 0.740. The number of nitriles is 1. The zero-order valence-electron chi connectivity index (χ0n) is 10.5. The molecule has 0 N–H and O–H groups in total. The third kappa shape index (κ3) is 1.70. The maximum Gasteiger partial charge on any atom is 0.193 e. The van der Waals surface area contributed by atoms with Crippen LogP contribution < -0.4 is 0 Å². The summed E-state index contributed by atoms with van der Waals surface area (Å²) in [6.07, 6.45) is 6.12. The van der Waals surface area contributed by atoms with Crippen molar-refractivity contribution >= 4 is 27.2 Å². The fraction of sp³-hybridized carbons (Fsp3) is 0.0667. The van der Waals surface area contributed by atoms with Crippen LogP contribution in [0.15, 0.2) is 48.2 Å². The maximum absolute atomic E-state index is 8.93. The van der Waals surface area contributed by atoms with E-state index in [2.05, 4.69) is 21.8 Å². The smallest absolute Gasteiger partial charge is 0.193 e. The maximum atomic E-state index is 8.93. The average molecular weight is 278 g/mol. The van der Waals surface area contributed by atoms with Crippen molar-refractivity contribution in [1.82, 2.24) is 14.0 Å². The highest BCUT2D eigenvalue weighted by atomic mass is 32.1. The molecule has 1 aromatic carbocycles. The van der Waals surface area contributed by atoms with Crippen LogP contribution in [-0.4, -0.2) is 14.0 Å². The molecule has 0 unspecified atom stereocenters. The van der Waals surface area contributed by atoms with Gasteiger partial charge in [-0.1, -0.05) is 0 Å². The van der Waals surface area contributed by atoms with Crippen molar-refractivity contribution in [2.45, 2.75) is 6.54 Å². The minimum atomic E-state index is 0.692. The van der Waals surface area contributed by atoms with Crippen molar-refractivity contribution in [3.05, 3.63) is 59.5 Å². The number of thiazole rings is 1. The number of benzene rings is 1. The molecule has 4 rings (SSSR count). The SMILES string of the molecule is N#Cc1ccc2c(ccn2Cc2cn3ccsc3n2)c1. The molecule has 0 aliphatic rings. The quantitative estimate of drug-likeness (QED) is 0.565. The lowest BCUT2D eigenvalue weighted by molar-refractivity contribution is 0.815. The third-order valence-electron chi connectivity index (χ3n) is 3.38. The molecule has 4 nitrogen and oxygen atoms in total. The topological polar surface area (TPSA) is 46.0 Å². The lowest BCUT2D eigenvalue weighted by Gasteiger charge is -2.02. The van der Waals surface area contributed by atoms with Crippen LogP contribution >= 0.6 is 11.3 Å².